The van der Waals surface area contributed by atoms with Gasteiger partial charge in [0.25, 0.3) is 5.97 Å². The summed E-state index contributed by atoms with van der Waals surface area (Å²) in [7, 11) is 1.60. The number of carboxylic acid groups (broad SMARTS) is 1. The molecule has 4 heterocycles. The van der Waals surface area contributed by atoms with Gasteiger partial charge in [0, 0.05) is 57.0 Å². The Kier molecular flexibility index (Phi) is 11.3. The average molecular weight is 617 g/mol. The minimum atomic E-state index is -0.833. The van der Waals surface area contributed by atoms with Crippen LogP contribution in [0, 0.1) is 12.8 Å². The normalized spacial score (nSPS) is 21.0. The highest BCUT2D eigenvalue weighted by molar-refractivity contribution is 7.09. The van der Waals surface area contributed by atoms with Crippen LogP contribution in [0.25, 0.3) is 0 Å². The van der Waals surface area contributed by atoms with Crippen molar-refractivity contribution in [1.29, 1.82) is 0 Å². The van der Waals surface area contributed by atoms with Gasteiger partial charge in [-0.3, -0.25) is 19.2 Å². The van der Waals surface area contributed by atoms with Gasteiger partial charge in [0.1, 0.15) is 0 Å². The van der Waals surface area contributed by atoms with Gasteiger partial charge in [-0.2, -0.15) is 0 Å². The van der Waals surface area contributed by atoms with Crippen LogP contribution in [-0.2, 0) is 30.3 Å². The summed E-state index contributed by atoms with van der Waals surface area (Å²) in [6.07, 6.45) is 2.14. The molecule has 0 spiro atoms. The van der Waals surface area contributed by atoms with Crippen LogP contribution in [-0.4, -0.2) is 103 Å². The third kappa shape index (κ3) is 8.90. The second kappa shape index (κ2) is 15.1. The van der Waals surface area contributed by atoms with Crippen LogP contribution < -0.4 is 14.8 Å². The summed E-state index contributed by atoms with van der Waals surface area (Å²) in [5.41, 5.74) is 1.72. The van der Waals surface area contributed by atoms with Gasteiger partial charge in [0.05, 0.1) is 43.4 Å². The van der Waals surface area contributed by atoms with Crippen LogP contribution in [0.5, 0.6) is 11.5 Å². The fourth-order valence-corrected chi connectivity index (χ4v) is 6.23. The maximum absolute atomic E-state index is 13.4. The number of carbonyl (C=O) groups is 4. The molecule has 0 radical (unpaired) electrons. The van der Waals surface area contributed by atoms with Crippen molar-refractivity contribution in [2.24, 2.45) is 5.92 Å². The first-order valence-electron chi connectivity index (χ1n) is 14.5. The fraction of sp³-hybridized carbons (Fsp3) is 0.567. The number of likely N-dealkylation sites (tertiary alicyclic amines) is 1. The van der Waals surface area contributed by atoms with E-state index < -0.39 is 5.97 Å². The summed E-state index contributed by atoms with van der Waals surface area (Å²) in [5, 5.41) is 13.4. The molecule has 2 saturated heterocycles. The largest absolute Gasteiger partial charge is 0.493 e. The second-order valence-corrected chi connectivity index (χ2v) is 12.0. The number of aliphatic carboxylic acids is 1. The maximum Gasteiger partial charge on any atom is 0.300 e. The average Bonchev–Trinajstić information content (AvgIpc) is 3.59. The van der Waals surface area contributed by atoms with Gasteiger partial charge in [0.2, 0.25) is 17.7 Å². The van der Waals surface area contributed by atoms with E-state index in [9.17, 15) is 14.4 Å². The van der Waals surface area contributed by atoms with E-state index >= 15 is 0 Å². The highest BCUT2D eigenvalue weighted by Crippen LogP contribution is 2.35. The second-order valence-electron chi connectivity index (χ2n) is 10.9. The van der Waals surface area contributed by atoms with Crippen LogP contribution in [0.1, 0.15) is 48.4 Å². The Morgan fingerprint density at radius 2 is 1.91 bits per heavy atom. The van der Waals surface area contributed by atoms with Crippen molar-refractivity contribution in [2.45, 2.75) is 51.5 Å². The molecule has 3 amide bonds. The number of benzene rings is 1. The zero-order valence-corrected chi connectivity index (χ0v) is 25.7. The number of fused-ring (bicyclic) bond motifs is 4. The Morgan fingerprint density at radius 1 is 1.16 bits per heavy atom. The van der Waals surface area contributed by atoms with E-state index in [1.807, 2.05) is 30.5 Å². The van der Waals surface area contributed by atoms with Crippen LogP contribution in [0.3, 0.4) is 0 Å². The molecule has 0 unspecified atom stereocenters. The number of amides is 3. The van der Waals surface area contributed by atoms with Crippen LogP contribution in [0.15, 0.2) is 23.6 Å². The third-order valence-corrected chi connectivity index (χ3v) is 8.50. The number of aromatic nitrogens is 1. The lowest BCUT2D eigenvalue weighted by molar-refractivity contribution is -0.142. The first kappa shape index (κ1) is 32.2. The van der Waals surface area contributed by atoms with E-state index in [-0.39, 0.29) is 48.6 Å². The van der Waals surface area contributed by atoms with Crippen molar-refractivity contribution in [2.75, 3.05) is 53.1 Å². The first-order chi connectivity index (χ1) is 20.6. The fourth-order valence-electron chi connectivity index (χ4n) is 5.62. The van der Waals surface area contributed by atoms with E-state index in [1.165, 1.54) is 11.3 Å². The maximum atomic E-state index is 13.4. The standard InChI is InChI=1S/C28H36N4O6S.C2H4O2/c1-18-29-21(17-39-18)13-27(34)32-14-22-20-4-5-24(36-2)25(12-20)38-9-3-8-31(16-26(33)30-23(22)15-32)28(35)19-6-10-37-11-7-19;1-2(3)4/h4-5,12,17,19,22-23H,3,6-11,13-16H2,1-2H3,(H,30,33);1H3,(H,3,4)/t22-,23+;/m1./s1. The molecule has 1 aromatic carbocycles. The minimum absolute atomic E-state index is 0.0141. The number of hydrogen-bond donors (Lipinski definition) is 2. The predicted molar refractivity (Wildman–Crippen MR) is 158 cm³/mol. The molecule has 2 bridgehead atoms. The molecule has 234 valence electrons. The molecule has 3 aliphatic heterocycles. The number of rotatable bonds is 4. The summed E-state index contributed by atoms with van der Waals surface area (Å²) >= 11 is 1.52. The van der Waals surface area contributed by atoms with Gasteiger partial charge < -0.3 is 34.4 Å². The lowest BCUT2D eigenvalue weighted by atomic mass is 9.93. The molecule has 1 aromatic heterocycles. The smallest absolute Gasteiger partial charge is 0.300 e. The molecule has 2 fully saturated rings. The summed E-state index contributed by atoms with van der Waals surface area (Å²) in [4.78, 5) is 56.8. The molecule has 0 saturated carbocycles. The zero-order valence-electron chi connectivity index (χ0n) is 24.9. The topological polar surface area (TPSA) is 148 Å². The van der Waals surface area contributed by atoms with E-state index in [0.29, 0.717) is 70.2 Å². The molecule has 2 aromatic rings. The molecule has 0 aliphatic carbocycles. The number of thiazole rings is 1. The van der Waals surface area contributed by atoms with Crippen LogP contribution in [0.2, 0.25) is 0 Å². The number of aryl methyl sites for hydroxylation is 1. The highest BCUT2D eigenvalue weighted by Gasteiger charge is 2.38. The summed E-state index contributed by atoms with van der Waals surface area (Å²) in [6, 6.07) is 5.48. The number of methoxy groups -OCH3 is 1. The van der Waals surface area contributed by atoms with Crippen molar-refractivity contribution in [3.63, 3.8) is 0 Å². The van der Waals surface area contributed by atoms with Gasteiger partial charge in [0.15, 0.2) is 11.5 Å². The van der Waals surface area contributed by atoms with Crippen molar-refractivity contribution in [1.82, 2.24) is 20.1 Å². The lowest BCUT2D eigenvalue weighted by Gasteiger charge is -2.29. The van der Waals surface area contributed by atoms with Crippen molar-refractivity contribution < 1.29 is 38.5 Å². The SMILES string of the molecule is CC(=O)O.COc1ccc2cc1OCCCN(C(=O)C1CCOCC1)CC(=O)N[C@H]1CN(C(=O)Cc3csc(C)n3)C[C@H]21. The van der Waals surface area contributed by atoms with E-state index in [1.54, 1.807) is 16.9 Å². The van der Waals surface area contributed by atoms with E-state index in [2.05, 4.69) is 10.3 Å². The minimum Gasteiger partial charge on any atom is -0.493 e. The number of nitrogens with one attached hydrogen (secondary N) is 1. The first-order valence-corrected chi connectivity index (χ1v) is 15.4. The molecule has 5 rings (SSSR count). The highest BCUT2D eigenvalue weighted by atomic mass is 32.1. The lowest BCUT2D eigenvalue weighted by Crippen LogP contribution is -2.48. The monoisotopic (exact) mass is 616 g/mol. The quantitative estimate of drug-likeness (QED) is 0.528. The van der Waals surface area contributed by atoms with Gasteiger partial charge in [-0.1, -0.05) is 6.07 Å². The number of carbonyl (C=O) groups excluding carboxylic acids is 3. The third-order valence-electron chi connectivity index (χ3n) is 7.68. The van der Waals surface area contributed by atoms with Crippen LogP contribution >= 0.6 is 11.3 Å². The molecule has 12 nitrogen and oxygen atoms in total. The van der Waals surface area contributed by atoms with Crippen molar-refractivity contribution >= 4 is 35.0 Å². The number of ether oxygens (including phenoxy) is 3. The molecule has 43 heavy (non-hydrogen) atoms. The molecule has 2 N–H and O–H groups in total. The van der Waals surface area contributed by atoms with Gasteiger partial charge in [-0.15, -0.1) is 11.3 Å². The van der Waals surface area contributed by atoms with Crippen molar-refractivity contribution in [3.8, 4) is 11.5 Å². The summed E-state index contributed by atoms with van der Waals surface area (Å²) in [6.45, 7) is 5.74. The van der Waals surface area contributed by atoms with E-state index in [4.69, 9.17) is 24.1 Å². The van der Waals surface area contributed by atoms with Gasteiger partial charge >= 0.3 is 0 Å². The Morgan fingerprint density at radius 3 is 2.58 bits per heavy atom. The molecule has 3 aliphatic rings. The molecular weight excluding hydrogens is 576 g/mol. The summed E-state index contributed by atoms with van der Waals surface area (Å²) < 4.78 is 17.1. The Balaban J connectivity index is 0.000000996. The molecule has 13 heteroatoms. The van der Waals surface area contributed by atoms with Gasteiger partial charge in [-0.25, -0.2) is 4.98 Å². The Labute approximate surface area is 255 Å². The number of carboxylic acids is 1. The van der Waals surface area contributed by atoms with Crippen LogP contribution in [0.4, 0.5) is 0 Å². The molecule has 2 atom stereocenters. The summed E-state index contributed by atoms with van der Waals surface area (Å²) in [5.74, 6) is -0.129. The predicted octanol–water partition coefficient (Wildman–Crippen LogP) is 2.24. The molecular formula is C30H40N4O8S. The van der Waals surface area contributed by atoms with Gasteiger partial charge in [-0.05, 0) is 43.9 Å². The van der Waals surface area contributed by atoms with Crippen molar-refractivity contribution in [3.05, 3.63) is 39.8 Å². The zero-order chi connectivity index (χ0) is 30.9. The number of hydrogen-bond acceptors (Lipinski definition) is 9. The Bertz CT molecular complexity index is 1290. The Hall–Kier alpha value is -3.71. The van der Waals surface area contributed by atoms with E-state index in [0.717, 1.165) is 23.2 Å². The number of nitrogens with zero attached hydrogens (tertiary/aromatic N) is 3.